The summed E-state index contributed by atoms with van der Waals surface area (Å²) in [6.45, 7) is -0.513. The summed E-state index contributed by atoms with van der Waals surface area (Å²) in [6, 6.07) is 16.8. The molecule has 0 bridgehead atoms. The molecule has 6 nitrogen and oxygen atoms in total. The first-order valence-corrected chi connectivity index (χ1v) is 8.89. The van der Waals surface area contributed by atoms with Gasteiger partial charge in [-0.15, -0.1) is 0 Å². The van der Waals surface area contributed by atoms with Gasteiger partial charge in [0.1, 0.15) is 11.3 Å². The predicted molar refractivity (Wildman–Crippen MR) is 106 cm³/mol. The second-order valence-electron chi connectivity index (χ2n) is 5.50. The van der Waals surface area contributed by atoms with E-state index < -0.39 is 18.5 Å². The van der Waals surface area contributed by atoms with Crippen LogP contribution in [-0.2, 0) is 9.53 Å². The second-order valence-corrected chi connectivity index (χ2v) is 6.28. The molecule has 0 aliphatic heterocycles. The molecule has 142 valence electrons. The highest BCUT2D eigenvalue weighted by molar-refractivity contribution is 6.44. The van der Waals surface area contributed by atoms with E-state index in [1.807, 2.05) is 6.07 Å². The van der Waals surface area contributed by atoms with E-state index in [1.165, 1.54) is 12.3 Å². The normalized spacial score (nSPS) is 10.2. The molecule has 1 amide bonds. The van der Waals surface area contributed by atoms with Crippen molar-refractivity contribution in [1.29, 1.82) is 0 Å². The molecule has 0 radical (unpaired) electrons. The van der Waals surface area contributed by atoms with Crippen molar-refractivity contribution in [3.8, 4) is 11.6 Å². The Balaban J connectivity index is 1.63. The van der Waals surface area contributed by atoms with Crippen LogP contribution in [0.2, 0.25) is 10.0 Å². The second kappa shape index (κ2) is 9.21. The first-order valence-electron chi connectivity index (χ1n) is 8.13. The van der Waals surface area contributed by atoms with Crippen LogP contribution in [0.25, 0.3) is 0 Å². The Bertz CT molecular complexity index is 997. The molecule has 1 heterocycles. The Kier molecular flexibility index (Phi) is 6.47. The summed E-state index contributed by atoms with van der Waals surface area (Å²) < 4.78 is 10.7. The molecule has 0 spiro atoms. The third-order valence-corrected chi connectivity index (χ3v) is 4.33. The lowest BCUT2D eigenvalue weighted by atomic mass is 10.2. The molecule has 8 heteroatoms. The Morgan fingerprint density at radius 1 is 0.964 bits per heavy atom. The summed E-state index contributed by atoms with van der Waals surface area (Å²) in [5, 5.41) is 3.04. The molecule has 0 unspecified atom stereocenters. The van der Waals surface area contributed by atoms with Crippen molar-refractivity contribution in [2.75, 3.05) is 11.9 Å². The fourth-order valence-corrected chi connectivity index (χ4v) is 2.57. The smallest absolute Gasteiger partial charge is 0.344 e. The van der Waals surface area contributed by atoms with E-state index in [2.05, 4.69) is 10.3 Å². The maximum Gasteiger partial charge on any atom is 0.344 e. The topological polar surface area (TPSA) is 77.5 Å². The highest BCUT2D eigenvalue weighted by atomic mass is 35.5. The van der Waals surface area contributed by atoms with Crippen LogP contribution < -0.4 is 10.1 Å². The van der Waals surface area contributed by atoms with Crippen LogP contribution in [0.4, 0.5) is 5.69 Å². The first-order chi connectivity index (χ1) is 13.5. The number of pyridine rings is 1. The van der Waals surface area contributed by atoms with E-state index in [9.17, 15) is 9.59 Å². The summed E-state index contributed by atoms with van der Waals surface area (Å²) >= 11 is 11.9. The third kappa shape index (κ3) is 5.00. The van der Waals surface area contributed by atoms with Crippen LogP contribution in [0.3, 0.4) is 0 Å². The van der Waals surface area contributed by atoms with Gasteiger partial charge in [-0.2, -0.15) is 0 Å². The number of hydrogen-bond donors (Lipinski definition) is 1. The number of esters is 1. The van der Waals surface area contributed by atoms with E-state index in [0.717, 1.165) is 0 Å². The Morgan fingerprint density at radius 3 is 2.54 bits per heavy atom. The highest BCUT2D eigenvalue weighted by Gasteiger charge is 2.17. The van der Waals surface area contributed by atoms with Gasteiger partial charge in [-0.1, -0.05) is 47.5 Å². The summed E-state index contributed by atoms with van der Waals surface area (Å²) in [5.41, 5.74) is 0.421. The van der Waals surface area contributed by atoms with Crippen molar-refractivity contribution in [2.24, 2.45) is 0 Å². The molecule has 0 fully saturated rings. The fourth-order valence-electron chi connectivity index (χ4n) is 2.22. The number of hydrogen-bond acceptors (Lipinski definition) is 5. The van der Waals surface area contributed by atoms with Crippen molar-refractivity contribution < 1.29 is 19.1 Å². The zero-order valence-electron chi connectivity index (χ0n) is 14.4. The Labute approximate surface area is 171 Å². The number of rotatable bonds is 6. The minimum absolute atomic E-state index is 0.0805. The molecular weight excluding hydrogens is 403 g/mol. The van der Waals surface area contributed by atoms with Crippen LogP contribution in [0.15, 0.2) is 66.9 Å². The molecule has 3 rings (SSSR count). The summed E-state index contributed by atoms with van der Waals surface area (Å²) in [6.07, 6.45) is 1.49. The average Bonchev–Trinajstić information content (AvgIpc) is 2.71. The number of halogens is 2. The van der Waals surface area contributed by atoms with Crippen LogP contribution in [-0.4, -0.2) is 23.5 Å². The van der Waals surface area contributed by atoms with E-state index in [4.69, 9.17) is 32.7 Å². The molecule has 1 N–H and O–H groups in total. The Hall–Kier alpha value is -3.09. The van der Waals surface area contributed by atoms with Crippen molar-refractivity contribution in [1.82, 2.24) is 4.98 Å². The minimum Gasteiger partial charge on any atom is -0.452 e. The third-order valence-electron chi connectivity index (χ3n) is 3.51. The van der Waals surface area contributed by atoms with Crippen molar-refractivity contribution in [3.63, 3.8) is 0 Å². The van der Waals surface area contributed by atoms with Crippen LogP contribution in [0, 0.1) is 0 Å². The minimum atomic E-state index is -0.744. The maximum absolute atomic E-state index is 12.4. The summed E-state index contributed by atoms with van der Waals surface area (Å²) in [5.74, 6) is -0.709. The van der Waals surface area contributed by atoms with Crippen molar-refractivity contribution in [3.05, 3.63) is 82.5 Å². The average molecular weight is 417 g/mol. The number of ether oxygens (including phenoxy) is 2. The molecule has 0 atom stereocenters. The van der Waals surface area contributed by atoms with E-state index in [0.29, 0.717) is 16.5 Å². The number of nitrogens with zero attached hydrogens (tertiary/aromatic N) is 1. The van der Waals surface area contributed by atoms with Gasteiger partial charge in [-0.3, -0.25) is 4.79 Å². The number of nitrogens with one attached hydrogen (secondary N) is 1. The monoisotopic (exact) mass is 416 g/mol. The zero-order valence-corrected chi connectivity index (χ0v) is 15.9. The van der Waals surface area contributed by atoms with Gasteiger partial charge in [0.15, 0.2) is 6.61 Å². The lowest BCUT2D eigenvalue weighted by Crippen LogP contribution is -2.21. The van der Waals surface area contributed by atoms with Gasteiger partial charge in [0.05, 0.1) is 15.7 Å². The van der Waals surface area contributed by atoms with Crippen LogP contribution >= 0.6 is 23.2 Å². The van der Waals surface area contributed by atoms with Gasteiger partial charge in [-0.05, 0) is 36.4 Å². The number of carbonyl (C=O) groups excluding carboxylic acids is 2. The molecule has 0 aliphatic rings. The number of benzene rings is 2. The van der Waals surface area contributed by atoms with Gasteiger partial charge in [-0.25, -0.2) is 9.78 Å². The number of amides is 1. The summed E-state index contributed by atoms with van der Waals surface area (Å²) in [4.78, 5) is 28.5. The molecular formula is C20H14Cl2N2O4. The quantitative estimate of drug-likeness (QED) is 0.573. The Morgan fingerprint density at radius 2 is 1.75 bits per heavy atom. The first kappa shape index (κ1) is 19.7. The maximum atomic E-state index is 12.4. The van der Waals surface area contributed by atoms with E-state index in [-0.39, 0.29) is 16.5 Å². The number of aromatic nitrogens is 1. The largest absolute Gasteiger partial charge is 0.452 e. The number of para-hydroxylation sites is 1. The van der Waals surface area contributed by atoms with Gasteiger partial charge < -0.3 is 14.8 Å². The summed E-state index contributed by atoms with van der Waals surface area (Å²) in [7, 11) is 0. The predicted octanol–water partition coefficient (Wildman–Crippen LogP) is 4.98. The van der Waals surface area contributed by atoms with Gasteiger partial charge >= 0.3 is 5.97 Å². The van der Waals surface area contributed by atoms with Gasteiger partial charge in [0, 0.05) is 6.20 Å². The van der Waals surface area contributed by atoms with Gasteiger partial charge in [0.25, 0.3) is 5.91 Å². The SMILES string of the molecule is O=C(COC(=O)c1cccnc1Oc1ccccc1)Nc1cccc(Cl)c1Cl. The molecule has 3 aromatic rings. The highest BCUT2D eigenvalue weighted by Crippen LogP contribution is 2.29. The molecule has 0 saturated carbocycles. The number of anilines is 1. The van der Waals surface area contributed by atoms with Gasteiger partial charge in [0.2, 0.25) is 5.88 Å². The lowest BCUT2D eigenvalue weighted by molar-refractivity contribution is -0.119. The molecule has 0 aliphatic carbocycles. The van der Waals surface area contributed by atoms with Crippen LogP contribution in [0.1, 0.15) is 10.4 Å². The zero-order chi connectivity index (χ0) is 19.9. The standard InChI is InChI=1S/C20H14Cl2N2O4/c21-15-9-4-10-16(18(15)22)24-17(25)12-27-20(26)14-8-5-11-23-19(14)28-13-6-2-1-3-7-13/h1-11H,12H2,(H,24,25). The lowest BCUT2D eigenvalue weighted by Gasteiger charge is -2.11. The molecule has 1 aromatic heterocycles. The van der Waals surface area contributed by atoms with E-state index >= 15 is 0 Å². The van der Waals surface area contributed by atoms with E-state index in [1.54, 1.807) is 48.5 Å². The van der Waals surface area contributed by atoms with Crippen molar-refractivity contribution in [2.45, 2.75) is 0 Å². The molecule has 2 aromatic carbocycles. The van der Waals surface area contributed by atoms with Crippen molar-refractivity contribution >= 4 is 40.8 Å². The van der Waals surface area contributed by atoms with Crippen LogP contribution in [0.5, 0.6) is 11.6 Å². The number of carbonyl (C=O) groups is 2. The molecule has 0 saturated heterocycles. The fraction of sp³-hybridized carbons (Fsp3) is 0.0500. The molecule has 28 heavy (non-hydrogen) atoms.